The van der Waals surface area contributed by atoms with Gasteiger partial charge in [0.2, 0.25) is 5.91 Å². The minimum atomic E-state index is -0.581. The minimum absolute atomic E-state index is 0.198. The predicted octanol–water partition coefficient (Wildman–Crippen LogP) is 2.98. The molecule has 116 valence electrons. The standard InChI is InChI=1S/C18H22N2O2/c1-2-11-22-16-10-6-9-15(13-16)20-18(21)17(19)12-14-7-4-3-5-8-14/h3-10,13,17H,2,11-12,19H2,1H3,(H,20,21). The van der Waals surface area contributed by atoms with Gasteiger partial charge in [0.15, 0.2) is 0 Å². The highest BCUT2D eigenvalue weighted by molar-refractivity contribution is 5.95. The lowest BCUT2D eigenvalue weighted by molar-refractivity contribution is -0.117. The molecule has 4 nitrogen and oxygen atoms in total. The number of benzene rings is 2. The molecule has 0 aliphatic carbocycles. The molecule has 22 heavy (non-hydrogen) atoms. The predicted molar refractivity (Wildman–Crippen MR) is 89.0 cm³/mol. The largest absolute Gasteiger partial charge is 0.494 e. The van der Waals surface area contributed by atoms with Crippen molar-refractivity contribution in [3.8, 4) is 5.75 Å². The van der Waals surface area contributed by atoms with Crippen LogP contribution < -0.4 is 15.8 Å². The summed E-state index contributed by atoms with van der Waals surface area (Å²) >= 11 is 0. The van der Waals surface area contributed by atoms with Crippen molar-refractivity contribution in [2.24, 2.45) is 5.73 Å². The number of hydrogen-bond acceptors (Lipinski definition) is 3. The average Bonchev–Trinajstić information content (AvgIpc) is 2.54. The molecule has 4 heteroatoms. The normalized spacial score (nSPS) is 11.7. The third-order valence-electron chi connectivity index (χ3n) is 3.21. The van der Waals surface area contributed by atoms with Gasteiger partial charge in [-0.25, -0.2) is 0 Å². The van der Waals surface area contributed by atoms with Crippen LogP contribution in [0.3, 0.4) is 0 Å². The van der Waals surface area contributed by atoms with Crippen molar-refractivity contribution in [2.45, 2.75) is 25.8 Å². The number of nitrogens with two attached hydrogens (primary N) is 1. The number of hydrogen-bond donors (Lipinski definition) is 2. The molecule has 0 heterocycles. The molecule has 1 amide bonds. The van der Waals surface area contributed by atoms with E-state index in [9.17, 15) is 4.79 Å². The molecule has 2 rings (SSSR count). The van der Waals surface area contributed by atoms with Gasteiger partial charge < -0.3 is 15.8 Å². The van der Waals surface area contributed by atoms with Crippen LogP contribution >= 0.6 is 0 Å². The second-order valence-electron chi connectivity index (χ2n) is 5.16. The molecule has 0 aliphatic rings. The van der Waals surface area contributed by atoms with Gasteiger partial charge in [0.05, 0.1) is 12.6 Å². The molecule has 2 aromatic carbocycles. The summed E-state index contributed by atoms with van der Waals surface area (Å²) in [5.74, 6) is 0.549. The van der Waals surface area contributed by atoms with Crippen LogP contribution in [0.5, 0.6) is 5.75 Å². The first kappa shape index (κ1) is 16.0. The smallest absolute Gasteiger partial charge is 0.241 e. The van der Waals surface area contributed by atoms with Crippen molar-refractivity contribution in [3.63, 3.8) is 0 Å². The van der Waals surface area contributed by atoms with Crippen LogP contribution in [0.2, 0.25) is 0 Å². The van der Waals surface area contributed by atoms with E-state index < -0.39 is 6.04 Å². The Labute approximate surface area is 131 Å². The second-order valence-corrected chi connectivity index (χ2v) is 5.16. The molecule has 3 N–H and O–H groups in total. The fourth-order valence-corrected chi connectivity index (χ4v) is 2.08. The lowest BCUT2D eigenvalue weighted by Gasteiger charge is -2.13. The zero-order chi connectivity index (χ0) is 15.8. The summed E-state index contributed by atoms with van der Waals surface area (Å²) in [5, 5.41) is 2.83. The summed E-state index contributed by atoms with van der Waals surface area (Å²) in [6, 6.07) is 16.5. The van der Waals surface area contributed by atoms with Gasteiger partial charge in [-0.15, -0.1) is 0 Å². The lowest BCUT2D eigenvalue weighted by Crippen LogP contribution is -2.37. The van der Waals surface area contributed by atoms with E-state index in [1.807, 2.05) is 61.5 Å². The Balaban J connectivity index is 1.93. The molecule has 0 fully saturated rings. The van der Waals surface area contributed by atoms with Crippen LogP contribution in [-0.2, 0) is 11.2 Å². The van der Waals surface area contributed by atoms with Gasteiger partial charge in [-0.2, -0.15) is 0 Å². The van der Waals surface area contributed by atoms with Gasteiger partial charge in [-0.1, -0.05) is 43.3 Å². The van der Waals surface area contributed by atoms with Crippen LogP contribution in [0, 0.1) is 0 Å². The summed E-state index contributed by atoms with van der Waals surface area (Å²) in [6.45, 7) is 2.71. The van der Waals surface area contributed by atoms with Crippen LogP contribution in [0.25, 0.3) is 0 Å². The Kier molecular flexibility index (Phi) is 5.98. The Morgan fingerprint density at radius 2 is 1.95 bits per heavy atom. The van der Waals surface area contributed by atoms with E-state index in [1.54, 1.807) is 0 Å². The molecule has 0 spiro atoms. The van der Waals surface area contributed by atoms with E-state index in [0.29, 0.717) is 18.7 Å². The summed E-state index contributed by atoms with van der Waals surface area (Å²) in [5.41, 5.74) is 7.71. The maximum atomic E-state index is 12.2. The maximum Gasteiger partial charge on any atom is 0.241 e. The molecular weight excluding hydrogens is 276 g/mol. The van der Waals surface area contributed by atoms with Gasteiger partial charge in [0.1, 0.15) is 5.75 Å². The van der Waals surface area contributed by atoms with Crippen LogP contribution in [0.4, 0.5) is 5.69 Å². The maximum absolute atomic E-state index is 12.2. The van der Waals surface area contributed by atoms with Crippen molar-refractivity contribution in [1.82, 2.24) is 0 Å². The van der Waals surface area contributed by atoms with E-state index in [2.05, 4.69) is 5.32 Å². The summed E-state index contributed by atoms with van der Waals surface area (Å²) in [6.07, 6.45) is 1.46. The van der Waals surface area contributed by atoms with E-state index in [1.165, 1.54) is 0 Å². The molecule has 0 aliphatic heterocycles. The number of anilines is 1. The van der Waals surface area contributed by atoms with E-state index in [-0.39, 0.29) is 5.91 Å². The first-order valence-electron chi connectivity index (χ1n) is 7.52. The molecule has 2 aromatic rings. The highest BCUT2D eigenvalue weighted by Crippen LogP contribution is 2.17. The first-order chi connectivity index (χ1) is 10.7. The zero-order valence-electron chi connectivity index (χ0n) is 12.8. The van der Waals surface area contributed by atoms with Crippen molar-refractivity contribution in [1.29, 1.82) is 0 Å². The van der Waals surface area contributed by atoms with Gasteiger partial charge in [0, 0.05) is 11.8 Å². The van der Waals surface area contributed by atoms with E-state index in [4.69, 9.17) is 10.5 Å². The van der Waals surface area contributed by atoms with Crippen LogP contribution in [0.15, 0.2) is 54.6 Å². The topological polar surface area (TPSA) is 64.3 Å². The monoisotopic (exact) mass is 298 g/mol. The zero-order valence-corrected chi connectivity index (χ0v) is 12.8. The van der Waals surface area contributed by atoms with E-state index >= 15 is 0 Å². The van der Waals surface area contributed by atoms with Crippen molar-refractivity contribution in [2.75, 3.05) is 11.9 Å². The number of amides is 1. The lowest BCUT2D eigenvalue weighted by atomic mass is 10.1. The highest BCUT2D eigenvalue weighted by Gasteiger charge is 2.14. The quantitative estimate of drug-likeness (QED) is 0.826. The summed E-state index contributed by atoms with van der Waals surface area (Å²) in [7, 11) is 0. The first-order valence-corrected chi connectivity index (χ1v) is 7.52. The van der Waals surface area contributed by atoms with Crippen LogP contribution in [-0.4, -0.2) is 18.6 Å². The van der Waals surface area contributed by atoms with Gasteiger partial charge in [-0.05, 0) is 30.5 Å². The number of carbonyl (C=O) groups is 1. The summed E-state index contributed by atoms with van der Waals surface area (Å²) in [4.78, 5) is 12.2. The Bertz CT molecular complexity index is 599. The second kappa shape index (κ2) is 8.20. The van der Waals surface area contributed by atoms with Crippen molar-refractivity contribution >= 4 is 11.6 Å². The number of carbonyl (C=O) groups excluding carboxylic acids is 1. The minimum Gasteiger partial charge on any atom is -0.494 e. The molecule has 0 bridgehead atoms. The van der Waals surface area contributed by atoms with E-state index in [0.717, 1.165) is 17.7 Å². The summed E-state index contributed by atoms with van der Waals surface area (Å²) < 4.78 is 5.55. The number of nitrogens with one attached hydrogen (secondary N) is 1. The Hall–Kier alpha value is -2.33. The molecule has 0 radical (unpaired) electrons. The Morgan fingerprint density at radius 3 is 2.68 bits per heavy atom. The van der Waals surface area contributed by atoms with Crippen molar-refractivity contribution < 1.29 is 9.53 Å². The van der Waals surface area contributed by atoms with Crippen LogP contribution in [0.1, 0.15) is 18.9 Å². The molecule has 0 saturated heterocycles. The van der Waals surface area contributed by atoms with Gasteiger partial charge >= 0.3 is 0 Å². The number of ether oxygens (including phenoxy) is 1. The molecule has 0 saturated carbocycles. The fourth-order valence-electron chi connectivity index (χ4n) is 2.08. The molecule has 1 unspecified atom stereocenters. The molecule has 0 aromatic heterocycles. The average molecular weight is 298 g/mol. The third-order valence-corrected chi connectivity index (χ3v) is 3.21. The SMILES string of the molecule is CCCOc1cccc(NC(=O)C(N)Cc2ccccc2)c1. The third kappa shape index (κ3) is 4.90. The Morgan fingerprint density at radius 1 is 1.18 bits per heavy atom. The van der Waals surface area contributed by atoms with Crippen molar-refractivity contribution in [3.05, 3.63) is 60.2 Å². The molecular formula is C18H22N2O2. The molecule has 1 atom stereocenters. The highest BCUT2D eigenvalue weighted by atomic mass is 16.5. The van der Waals surface area contributed by atoms with Gasteiger partial charge in [-0.3, -0.25) is 4.79 Å². The van der Waals surface area contributed by atoms with Gasteiger partial charge in [0.25, 0.3) is 0 Å². The fraction of sp³-hybridized carbons (Fsp3) is 0.278. The number of rotatable bonds is 7.